The molecule has 13 heteroatoms. The van der Waals surface area contributed by atoms with Gasteiger partial charge < -0.3 is 14.4 Å². The first-order valence-electron chi connectivity index (χ1n) is 11.4. The fourth-order valence-corrected chi connectivity index (χ4v) is 5.96. The quantitative estimate of drug-likeness (QED) is 0.265. The number of halogens is 6. The highest BCUT2D eigenvalue weighted by Gasteiger charge is 2.49. The molecule has 2 saturated heterocycles. The van der Waals surface area contributed by atoms with Crippen molar-refractivity contribution in [3.8, 4) is 17.8 Å². The van der Waals surface area contributed by atoms with E-state index in [9.17, 15) is 13.2 Å². The summed E-state index contributed by atoms with van der Waals surface area (Å²) in [5.41, 5.74) is -0.735. The number of ether oxygens (including phenoxy) is 2. The predicted octanol–water partition coefficient (Wildman–Crippen LogP) is 5.05. The predicted molar refractivity (Wildman–Crippen MR) is 128 cm³/mol. The van der Waals surface area contributed by atoms with Crippen molar-refractivity contribution in [3.05, 3.63) is 27.5 Å². The highest BCUT2D eigenvalue weighted by molar-refractivity contribution is 9.10. The van der Waals surface area contributed by atoms with Gasteiger partial charge in [0.2, 0.25) is 0 Å². The molecular weight excluding hydrogens is 570 g/mol. The van der Waals surface area contributed by atoms with E-state index in [2.05, 4.69) is 25.9 Å². The van der Waals surface area contributed by atoms with Crippen molar-refractivity contribution in [2.75, 3.05) is 37.7 Å². The average molecular weight is 591 g/mol. The molecule has 36 heavy (non-hydrogen) atoms. The SMILES string of the molecule is N#C/C=C/[C@H]1COc2c(Cl)c(Br)c(F)c3nc(OC[C@@]45CCCN4C[C@H](F)C5)nc(c23)N1CC(F)F. The average Bonchev–Trinajstić information content (AvgIpc) is 3.32. The summed E-state index contributed by atoms with van der Waals surface area (Å²) in [5.74, 6) is -0.853. The maximum atomic E-state index is 15.4. The molecule has 0 N–H and O–H groups in total. The lowest BCUT2D eigenvalue weighted by Gasteiger charge is -2.31. The number of nitriles is 1. The molecule has 0 spiro atoms. The Labute approximate surface area is 217 Å². The van der Waals surface area contributed by atoms with Crippen molar-refractivity contribution in [1.29, 1.82) is 5.26 Å². The fraction of sp³-hybridized carbons (Fsp3) is 0.522. The van der Waals surface area contributed by atoms with E-state index in [1.54, 1.807) is 0 Å². The highest BCUT2D eigenvalue weighted by Crippen LogP contribution is 2.47. The molecule has 0 aliphatic carbocycles. The van der Waals surface area contributed by atoms with E-state index < -0.39 is 36.5 Å². The van der Waals surface area contributed by atoms with Gasteiger partial charge in [0, 0.05) is 19.0 Å². The Morgan fingerprint density at radius 1 is 1.39 bits per heavy atom. The van der Waals surface area contributed by atoms with E-state index in [0.29, 0.717) is 13.0 Å². The van der Waals surface area contributed by atoms with Crippen LogP contribution < -0.4 is 14.4 Å². The molecule has 4 heterocycles. The first-order valence-corrected chi connectivity index (χ1v) is 12.5. The van der Waals surface area contributed by atoms with Crippen molar-refractivity contribution < 1.29 is 27.0 Å². The smallest absolute Gasteiger partial charge is 0.319 e. The van der Waals surface area contributed by atoms with Crippen LogP contribution in [0.25, 0.3) is 10.9 Å². The number of aromatic nitrogens is 2. The molecule has 3 aliphatic heterocycles. The standard InChI is InChI=1S/C23H21BrClF4N5O2/c24-16-17(25)20-15-19(18(16)29)31-22(36-11-23-4-2-6-33(23)8-12(26)7-23)32-21(15)34(9-14(27)28)13(10-35-20)3-1-5-30/h1,3,12-14H,2,4,6-11H2/b3-1+/t12-,13+,23+/m1/s1. The zero-order chi connectivity index (χ0) is 25.6. The van der Waals surface area contributed by atoms with E-state index in [1.807, 2.05) is 11.0 Å². The Hall–Kier alpha value is -2.36. The molecule has 5 rings (SSSR count). The van der Waals surface area contributed by atoms with Crippen molar-refractivity contribution in [1.82, 2.24) is 14.9 Å². The molecule has 2 aromatic rings. The van der Waals surface area contributed by atoms with Gasteiger partial charge in [0.25, 0.3) is 6.43 Å². The van der Waals surface area contributed by atoms with Gasteiger partial charge in [-0.05, 0) is 41.4 Å². The molecule has 7 nitrogen and oxygen atoms in total. The third-order valence-corrected chi connectivity index (χ3v) is 8.25. The second-order valence-corrected chi connectivity index (χ2v) is 10.3. The van der Waals surface area contributed by atoms with Crippen LogP contribution in [0, 0.1) is 17.1 Å². The minimum absolute atomic E-state index is 0.0203. The molecular formula is C23H21BrClF4N5O2. The van der Waals surface area contributed by atoms with Crippen molar-refractivity contribution >= 4 is 44.3 Å². The van der Waals surface area contributed by atoms with E-state index in [1.165, 1.54) is 11.0 Å². The van der Waals surface area contributed by atoms with E-state index >= 15 is 4.39 Å². The van der Waals surface area contributed by atoms with E-state index in [-0.39, 0.29) is 51.2 Å². The lowest BCUT2D eigenvalue weighted by atomic mass is 9.95. The molecule has 0 amide bonds. The van der Waals surface area contributed by atoms with Gasteiger partial charge in [0.15, 0.2) is 11.6 Å². The zero-order valence-electron chi connectivity index (χ0n) is 18.9. The molecule has 3 aliphatic rings. The Bertz CT molecular complexity index is 1260. The minimum Gasteiger partial charge on any atom is -0.489 e. The van der Waals surface area contributed by atoms with Crippen LogP contribution in [-0.2, 0) is 0 Å². The second kappa shape index (κ2) is 9.84. The Morgan fingerprint density at radius 2 is 2.19 bits per heavy atom. The molecule has 0 unspecified atom stereocenters. The third kappa shape index (κ3) is 4.35. The van der Waals surface area contributed by atoms with Crippen molar-refractivity contribution in [2.45, 2.75) is 43.4 Å². The van der Waals surface area contributed by atoms with E-state index in [0.717, 1.165) is 25.5 Å². The Kier molecular flexibility index (Phi) is 6.91. The number of hydrogen-bond acceptors (Lipinski definition) is 7. The van der Waals surface area contributed by atoms with Crippen LogP contribution in [0.5, 0.6) is 11.8 Å². The molecule has 0 bridgehead atoms. The number of rotatable bonds is 6. The van der Waals surface area contributed by atoms with Gasteiger partial charge in [-0.2, -0.15) is 15.2 Å². The monoisotopic (exact) mass is 589 g/mol. The van der Waals surface area contributed by atoms with Crippen LogP contribution >= 0.6 is 27.5 Å². The Morgan fingerprint density at radius 3 is 2.94 bits per heavy atom. The van der Waals surface area contributed by atoms with Crippen LogP contribution in [0.1, 0.15) is 19.3 Å². The summed E-state index contributed by atoms with van der Waals surface area (Å²) >= 11 is 9.46. The summed E-state index contributed by atoms with van der Waals surface area (Å²) < 4.78 is 68.5. The largest absolute Gasteiger partial charge is 0.489 e. The third-order valence-electron chi connectivity index (χ3n) is 6.92. The maximum absolute atomic E-state index is 15.4. The van der Waals surface area contributed by atoms with Crippen LogP contribution in [-0.4, -0.2) is 71.9 Å². The highest BCUT2D eigenvalue weighted by atomic mass is 79.9. The molecule has 0 radical (unpaired) electrons. The van der Waals surface area contributed by atoms with E-state index in [4.69, 9.17) is 26.3 Å². The number of nitrogens with zero attached hydrogens (tertiary/aromatic N) is 5. The van der Waals surface area contributed by atoms with Gasteiger partial charge >= 0.3 is 6.01 Å². The van der Waals surface area contributed by atoms with Gasteiger partial charge in [0.05, 0.1) is 34.1 Å². The summed E-state index contributed by atoms with van der Waals surface area (Å²) in [4.78, 5) is 11.9. The molecule has 192 valence electrons. The van der Waals surface area contributed by atoms with Gasteiger partial charge in [-0.15, -0.1) is 0 Å². The summed E-state index contributed by atoms with van der Waals surface area (Å²) in [6.45, 7) is 0.225. The lowest BCUT2D eigenvalue weighted by Crippen LogP contribution is -2.43. The summed E-state index contributed by atoms with van der Waals surface area (Å²) in [6.07, 6.45) is 0.741. The second-order valence-electron chi connectivity index (χ2n) is 9.10. The normalized spacial score (nSPS) is 25.9. The van der Waals surface area contributed by atoms with Gasteiger partial charge in [-0.1, -0.05) is 11.6 Å². The molecule has 1 aromatic carbocycles. The van der Waals surface area contributed by atoms with Gasteiger partial charge in [0.1, 0.15) is 35.7 Å². The number of allylic oxidation sites excluding steroid dienone is 1. The van der Waals surface area contributed by atoms with Gasteiger partial charge in [-0.3, -0.25) is 4.90 Å². The zero-order valence-corrected chi connectivity index (χ0v) is 21.2. The summed E-state index contributed by atoms with van der Waals surface area (Å²) in [6, 6.07) is 0.771. The topological polar surface area (TPSA) is 74.5 Å². The molecule has 1 aromatic heterocycles. The fourth-order valence-electron chi connectivity index (χ4n) is 5.36. The van der Waals surface area contributed by atoms with Crippen molar-refractivity contribution in [2.24, 2.45) is 0 Å². The number of anilines is 1. The number of benzene rings is 1. The first kappa shape index (κ1) is 25.3. The Balaban J connectivity index is 1.63. The van der Waals surface area contributed by atoms with Crippen LogP contribution in [0.15, 0.2) is 16.6 Å². The first-order chi connectivity index (χ1) is 17.2. The molecule has 3 atom stereocenters. The van der Waals surface area contributed by atoms with Gasteiger partial charge in [-0.25, -0.2) is 17.6 Å². The summed E-state index contributed by atoms with van der Waals surface area (Å²) in [5, 5.41) is 8.92. The number of alkyl halides is 3. The summed E-state index contributed by atoms with van der Waals surface area (Å²) in [7, 11) is 0. The van der Waals surface area contributed by atoms with Crippen LogP contribution in [0.4, 0.5) is 23.4 Å². The molecule has 2 fully saturated rings. The van der Waals surface area contributed by atoms with Crippen LogP contribution in [0.2, 0.25) is 5.02 Å². The minimum atomic E-state index is -2.78. The number of fused-ring (bicyclic) bond motifs is 1. The van der Waals surface area contributed by atoms with Crippen LogP contribution in [0.3, 0.4) is 0 Å². The lowest BCUT2D eigenvalue weighted by molar-refractivity contribution is 0.107. The molecule has 0 saturated carbocycles. The maximum Gasteiger partial charge on any atom is 0.319 e. The number of hydrogen-bond donors (Lipinski definition) is 0. The van der Waals surface area contributed by atoms with Crippen molar-refractivity contribution in [3.63, 3.8) is 0 Å².